The first-order valence-corrected chi connectivity index (χ1v) is 19.7. The Morgan fingerprint density at radius 2 is 1.43 bits per heavy atom. The zero-order valence-corrected chi connectivity index (χ0v) is 34.2. The number of benzene rings is 4. The molecule has 294 valence electrons. The zero-order valence-electron chi connectivity index (χ0n) is 32.7. The quantitative estimate of drug-likeness (QED) is 0.0914. The topological polar surface area (TPSA) is 123 Å². The van der Waals surface area contributed by atoms with E-state index >= 15 is 0 Å². The molecule has 0 saturated carbocycles. The number of ether oxygens (including phenoxy) is 1. The molecule has 1 heterocycles. The van der Waals surface area contributed by atoms with Gasteiger partial charge in [-0.25, -0.2) is 9.78 Å². The lowest BCUT2D eigenvalue weighted by atomic mass is 9.86. The van der Waals surface area contributed by atoms with Crippen LogP contribution in [0.1, 0.15) is 93.3 Å². The second kappa shape index (κ2) is 18.7. The molecule has 5 rings (SSSR count). The minimum atomic E-state index is -1.01. The molecule has 0 saturated heterocycles. The van der Waals surface area contributed by atoms with Crippen LogP contribution in [0.2, 0.25) is 10.0 Å². The second-order valence-electron chi connectivity index (χ2n) is 15.4. The maximum atomic E-state index is 14.5. The Hall–Kier alpha value is -5.12. The Balaban J connectivity index is 1.49. The van der Waals surface area contributed by atoms with Gasteiger partial charge in [-0.15, -0.1) is 0 Å². The maximum absolute atomic E-state index is 14.5. The third-order valence-corrected chi connectivity index (χ3v) is 10.1. The highest BCUT2D eigenvalue weighted by Crippen LogP contribution is 2.32. The van der Waals surface area contributed by atoms with Crippen LogP contribution < -0.4 is 15.4 Å². The lowest BCUT2D eigenvalue weighted by molar-refractivity contribution is -0.131. The Morgan fingerprint density at radius 3 is 2.00 bits per heavy atom. The number of nitrogens with one attached hydrogen (secondary N) is 2. The van der Waals surface area contributed by atoms with Crippen LogP contribution in [0, 0.1) is 5.92 Å². The van der Waals surface area contributed by atoms with Gasteiger partial charge < -0.3 is 25.0 Å². The molecule has 3 N–H and O–H groups in total. The number of halogens is 2. The number of amides is 2. The average molecular weight is 798 g/mol. The van der Waals surface area contributed by atoms with Crippen molar-refractivity contribution in [3.63, 3.8) is 0 Å². The van der Waals surface area contributed by atoms with Gasteiger partial charge in [-0.1, -0.05) is 108 Å². The minimum absolute atomic E-state index is 0.0267. The summed E-state index contributed by atoms with van der Waals surface area (Å²) in [5.41, 5.74) is 4.52. The highest BCUT2D eigenvalue weighted by molar-refractivity contribution is 6.36. The van der Waals surface area contributed by atoms with E-state index in [-0.39, 0.29) is 28.7 Å². The van der Waals surface area contributed by atoms with Gasteiger partial charge >= 0.3 is 5.97 Å². The molecule has 0 aliphatic carbocycles. The molecule has 11 heteroatoms. The number of hydrogen-bond donors (Lipinski definition) is 3. The third-order valence-electron chi connectivity index (χ3n) is 9.51. The van der Waals surface area contributed by atoms with Crippen LogP contribution >= 0.6 is 23.2 Å². The molecule has 0 bridgehead atoms. The molecule has 0 spiro atoms. The van der Waals surface area contributed by atoms with Crippen molar-refractivity contribution in [2.45, 2.75) is 91.3 Å². The van der Waals surface area contributed by atoms with Gasteiger partial charge in [0.1, 0.15) is 23.4 Å². The van der Waals surface area contributed by atoms with E-state index in [2.05, 4.69) is 55.0 Å². The largest absolute Gasteiger partial charge is 0.478 e. The smallest absolute Gasteiger partial charge is 0.335 e. The second-order valence-corrected chi connectivity index (χ2v) is 16.2. The lowest BCUT2D eigenvalue weighted by Gasteiger charge is -2.25. The van der Waals surface area contributed by atoms with Crippen molar-refractivity contribution >= 4 is 41.0 Å². The molecule has 9 nitrogen and oxygen atoms in total. The van der Waals surface area contributed by atoms with Crippen LogP contribution in [0.25, 0.3) is 11.3 Å². The van der Waals surface area contributed by atoms with Crippen molar-refractivity contribution in [3.8, 4) is 22.8 Å². The Morgan fingerprint density at radius 1 is 0.821 bits per heavy atom. The summed E-state index contributed by atoms with van der Waals surface area (Å²) in [6.45, 7) is 12.8. The first kappa shape index (κ1) is 42.0. The fourth-order valence-corrected chi connectivity index (χ4v) is 6.68. The monoisotopic (exact) mass is 796 g/mol. The van der Waals surface area contributed by atoms with Crippen LogP contribution in [0.15, 0.2) is 97.2 Å². The summed E-state index contributed by atoms with van der Waals surface area (Å²) >= 11 is 12.9. The van der Waals surface area contributed by atoms with Crippen molar-refractivity contribution in [1.29, 1.82) is 0 Å². The Bertz CT molecular complexity index is 2120. The average Bonchev–Trinajstić information content (AvgIpc) is 3.57. The number of carbonyl (C=O) groups is 3. The normalized spacial score (nSPS) is 12.6. The number of unbranched alkanes of at least 4 members (excludes halogenated alkanes) is 1. The summed E-state index contributed by atoms with van der Waals surface area (Å²) in [6.07, 6.45) is 4.47. The molecule has 0 aliphatic rings. The number of aromatic nitrogens is 2. The van der Waals surface area contributed by atoms with Crippen molar-refractivity contribution in [2.75, 3.05) is 0 Å². The van der Waals surface area contributed by atoms with E-state index in [1.807, 2.05) is 48.7 Å². The number of rotatable bonds is 16. The number of carboxylic acid groups (broad SMARTS) is 1. The molecule has 2 atom stereocenters. The molecule has 1 aromatic heterocycles. The number of carboxylic acids is 1. The van der Waals surface area contributed by atoms with Gasteiger partial charge in [-0.2, -0.15) is 0 Å². The van der Waals surface area contributed by atoms with Gasteiger partial charge in [0.05, 0.1) is 22.3 Å². The Kier molecular flexibility index (Phi) is 14.0. The van der Waals surface area contributed by atoms with E-state index in [4.69, 9.17) is 32.9 Å². The molecule has 5 aromatic rings. The zero-order chi connectivity index (χ0) is 40.6. The van der Waals surface area contributed by atoms with Gasteiger partial charge in [0.15, 0.2) is 0 Å². The number of nitrogens with zero attached hydrogens (tertiary/aromatic N) is 2. The van der Waals surface area contributed by atoms with Crippen LogP contribution in [-0.4, -0.2) is 38.5 Å². The molecule has 2 amide bonds. The maximum Gasteiger partial charge on any atom is 0.335 e. The van der Waals surface area contributed by atoms with E-state index in [9.17, 15) is 19.5 Å². The standard InChI is InChI=1S/C45H50Cl2N4O5/c1-7-8-23-51-27-40(36-22-17-33(46)26-37(36)47)48-41(51)38(24-30-11-18-34(19-12-30)56-35-20-13-31(14-21-35)44(54)55)49-43(53)39(50-42(52)28(2)3)25-29-9-15-32(16-10-29)45(4,5)6/h9-22,26-28,38-39H,7-8,23-25H2,1-6H3,(H,49,53)(H,50,52)(H,54,55)/t38-,39-/m0/s1. The first-order valence-electron chi connectivity index (χ1n) is 18.9. The molecular formula is C45H50Cl2N4O5. The predicted octanol–water partition coefficient (Wildman–Crippen LogP) is 10.2. The molecule has 4 aromatic carbocycles. The van der Waals surface area contributed by atoms with Crippen molar-refractivity contribution in [3.05, 3.63) is 135 Å². The van der Waals surface area contributed by atoms with Crippen molar-refractivity contribution < 1.29 is 24.2 Å². The van der Waals surface area contributed by atoms with Crippen LogP contribution in [0.5, 0.6) is 11.5 Å². The third kappa shape index (κ3) is 11.2. The van der Waals surface area contributed by atoms with Crippen molar-refractivity contribution in [2.24, 2.45) is 5.92 Å². The predicted molar refractivity (Wildman–Crippen MR) is 223 cm³/mol. The summed E-state index contributed by atoms with van der Waals surface area (Å²) in [5.74, 6) is -0.160. The molecule has 0 fully saturated rings. The number of imidazole rings is 1. The summed E-state index contributed by atoms with van der Waals surface area (Å²) in [7, 11) is 0. The lowest BCUT2D eigenvalue weighted by Crippen LogP contribution is -2.50. The molecule has 56 heavy (non-hydrogen) atoms. The van der Waals surface area contributed by atoms with Gasteiger partial charge in [0.25, 0.3) is 0 Å². The molecule has 0 aliphatic heterocycles. The fourth-order valence-electron chi connectivity index (χ4n) is 6.18. The van der Waals surface area contributed by atoms with Gasteiger partial charge in [0, 0.05) is 35.7 Å². The molecule has 0 unspecified atom stereocenters. The summed E-state index contributed by atoms with van der Waals surface area (Å²) in [4.78, 5) is 43.9. The van der Waals surface area contributed by atoms with E-state index in [1.165, 1.54) is 17.7 Å². The van der Waals surface area contributed by atoms with Crippen LogP contribution in [0.3, 0.4) is 0 Å². The number of aromatic carboxylic acids is 1. The fraction of sp³-hybridized carbons (Fsp3) is 0.333. The number of aryl methyl sites for hydroxylation is 1. The minimum Gasteiger partial charge on any atom is -0.478 e. The van der Waals surface area contributed by atoms with E-state index in [0.717, 1.165) is 29.5 Å². The van der Waals surface area contributed by atoms with Gasteiger partial charge in [-0.3, -0.25) is 9.59 Å². The molecule has 0 radical (unpaired) electrons. The van der Waals surface area contributed by atoms with Crippen LogP contribution in [-0.2, 0) is 34.4 Å². The summed E-state index contributed by atoms with van der Waals surface area (Å²) in [5, 5.41) is 16.5. The van der Waals surface area contributed by atoms with Gasteiger partial charge in [-0.05, 0) is 89.5 Å². The van der Waals surface area contributed by atoms with Crippen LogP contribution in [0.4, 0.5) is 0 Å². The SMILES string of the molecule is CCCCn1cc(-c2ccc(Cl)cc2Cl)nc1[C@H](Cc1ccc(Oc2ccc(C(=O)O)cc2)cc1)NC(=O)[C@H](Cc1ccc(C(C)(C)C)cc1)NC(=O)C(C)C. The number of carbonyl (C=O) groups excluding carboxylic acids is 2. The highest BCUT2D eigenvalue weighted by atomic mass is 35.5. The highest BCUT2D eigenvalue weighted by Gasteiger charge is 2.29. The van der Waals surface area contributed by atoms with E-state index < -0.39 is 18.1 Å². The van der Waals surface area contributed by atoms with E-state index in [1.54, 1.807) is 38.1 Å². The molecular weight excluding hydrogens is 747 g/mol. The number of hydrogen-bond acceptors (Lipinski definition) is 5. The van der Waals surface area contributed by atoms with E-state index in [0.29, 0.717) is 52.4 Å². The summed E-state index contributed by atoms with van der Waals surface area (Å²) in [6, 6.07) is 25.7. The van der Waals surface area contributed by atoms with Crippen molar-refractivity contribution in [1.82, 2.24) is 20.2 Å². The Labute approximate surface area is 339 Å². The van der Waals surface area contributed by atoms with Gasteiger partial charge in [0.2, 0.25) is 11.8 Å². The first-order chi connectivity index (χ1) is 26.6. The summed E-state index contributed by atoms with van der Waals surface area (Å²) < 4.78 is 8.06.